The summed E-state index contributed by atoms with van der Waals surface area (Å²) in [7, 11) is 1.80. The van der Waals surface area contributed by atoms with Crippen LogP contribution in [0.1, 0.15) is 65.7 Å². The zero-order valence-electron chi connectivity index (χ0n) is 16.8. The standard InChI is InChI=1S/C19H36N4O2.HI/c1-5-19(6-2)15(13-16(19)25-7-3)23-18(20-4)21-12-8-9-17(24)22-14-10-11-14;/h14-16H,5-13H2,1-4H3,(H,22,24)(H2,20,21,23);1H. The van der Waals surface area contributed by atoms with Crippen molar-refractivity contribution in [1.29, 1.82) is 0 Å². The lowest BCUT2D eigenvalue weighted by Crippen LogP contribution is -2.65. The second-order valence-electron chi connectivity index (χ2n) is 7.26. The molecule has 2 aliphatic rings. The molecule has 0 bridgehead atoms. The summed E-state index contributed by atoms with van der Waals surface area (Å²) in [5, 5.41) is 9.94. The molecule has 0 aromatic heterocycles. The fraction of sp³-hybridized carbons (Fsp3) is 0.895. The number of halogens is 1. The molecule has 0 saturated heterocycles. The smallest absolute Gasteiger partial charge is 0.220 e. The van der Waals surface area contributed by atoms with E-state index in [9.17, 15) is 4.79 Å². The summed E-state index contributed by atoms with van der Waals surface area (Å²) in [6.07, 6.45) is 7.24. The maximum atomic E-state index is 11.7. The van der Waals surface area contributed by atoms with E-state index in [1.165, 1.54) is 0 Å². The highest BCUT2D eigenvalue weighted by Gasteiger charge is 2.53. The first-order valence-corrected chi connectivity index (χ1v) is 9.97. The highest BCUT2D eigenvalue weighted by Crippen LogP contribution is 2.48. The van der Waals surface area contributed by atoms with E-state index in [1.807, 2.05) is 0 Å². The summed E-state index contributed by atoms with van der Waals surface area (Å²) >= 11 is 0. The van der Waals surface area contributed by atoms with E-state index < -0.39 is 0 Å². The molecule has 2 unspecified atom stereocenters. The van der Waals surface area contributed by atoms with Crippen LogP contribution in [0, 0.1) is 5.41 Å². The summed E-state index contributed by atoms with van der Waals surface area (Å²) in [5.74, 6) is 0.996. The lowest BCUT2D eigenvalue weighted by Gasteiger charge is -2.55. The van der Waals surface area contributed by atoms with Crippen molar-refractivity contribution in [3.05, 3.63) is 0 Å². The SMILES string of the molecule is CCOC1CC(NC(=NC)NCCCC(=O)NC2CC2)C1(CC)CC.I. The van der Waals surface area contributed by atoms with Crippen LogP contribution in [0.5, 0.6) is 0 Å². The number of rotatable bonds is 10. The van der Waals surface area contributed by atoms with E-state index >= 15 is 0 Å². The van der Waals surface area contributed by atoms with E-state index in [2.05, 4.69) is 41.7 Å². The molecule has 152 valence electrons. The average molecular weight is 480 g/mol. The maximum Gasteiger partial charge on any atom is 0.220 e. The molecule has 0 aliphatic heterocycles. The normalized spacial score (nSPS) is 24.2. The quantitative estimate of drug-likeness (QED) is 0.195. The van der Waals surface area contributed by atoms with E-state index in [-0.39, 0.29) is 35.3 Å². The lowest BCUT2D eigenvalue weighted by molar-refractivity contribution is -0.133. The van der Waals surface area contributed by atoms with Crippen molar-refractivity contribution < 1.29 is 9.53 Å². The molecule has 2 fully saturated rings. The van der Waals surface area contributed by atoms with Gasteiger partial charge in [0.1, 0.15) is 0 Å². The van der Waals surface area contributed by atoms with Crippen molar-refractivity contribution in [3.63, 3.8) is 0 Å². The Hall–Kier alpha value is -0.570. The third kappa shape index (κ3) is 5.97. The molecule has 7 heteroatoms. The van der Waals surface area contributed by atoms with Gasteiger partial charge in [-0.1, -0.05) is 13.8 Å². The topological polar surface area (TPSA) is 74.8 Å². The van der Waals surface area contributed by atoms with Crippen LogP contribution in [0.3, 0.4) is 0 Å². The molecule has 0 spiro atoms. The number of carbonyl (C=O) groups excluding carboxylic acids is 1. The first-order valence-electron chi connectivity index (χ1n) is 9.97. The van der Waals surface area contributed by atoms with Gasteiger partial charge in [0, 0.05) is 44.1 Å². The van der Waals surface area contributed by atoms with Crippen molar-refractivity contribution in [2.24, 2.45) is 10.4 Å². The molecule has 1 amide bonds. The minimum Gasteiger partial charge on any atom is -0.378 e. The fourth-order valence-electron chi connectivity index (χ4n) is 3.93. The third-order valence-corrected chi connectivity index (χ3v) is 5.82. The minimum absolute atomic E-state index is 0. The fourth-order valence-corrected chi connectivity index (χ4v) is 3.93. The van der Waals surface area contributed by atoms with Gasteiger partial charge in [-0.25, -0.2) is 0 Å². The Kier molecular flexibility index (Phi) is 10.2. The van der Waals surface area contributed by atoms with Gasteiger partial charge in [-0.3, -0.25) is 9.79 Å². The number of hydrogen-bond acceptors (Lipinski definition) is 3. The summed E-state index contributed by atoms with van der Waals surface area (Å²) in [6, 6.07) is 0.839. The number of amides is 1. The number of carbonyl (C=O) groups is 1. The molecule has 3 N–H and O–H groups in total. The minimum atomic E-state index is 0. The third-order valence-electron chi connectivity index (χ3n) is 5.82. The first kappa shape index (κ1) is 23.5. The van der Waals surface area contributed by atoms with Crippen LogP contribution in [0.25, 0.3) is 0 Å². The van der Waals surface area contributed by atoms with Crippen molar-refractivity contribution in [2.45, 2.75) is 83.9 Å². The van der Waals surface area contributed by atoms with E-state index in [0.717, 1.165) is 57.6 Å². The Bertz CT molecular complexity index is 464. The number of ether oxygens (including phenoxy) is 1. The van der Waals surface area contributed by atoms with Gasteiger partial charge in [-0.05, 0) is 45.4 Å². The highest BCUT2D eigenvalue weighted by molar-refractivity contribution is 14.0. The van der Waals surface area contributed by atoms with E-state index in [0.29, 0.717) is 24.6 Å². The Labute approximate surface area is 175 Å². The van der Waals surface area contributed by atoms with Crippen molar-refractivity contribution >= 4 is 35.8 Å². The second kappa shape index (κ2) is 11.3. The molecule has 6 nitrogen and oxygen atoms in total. The van der Waals surface area contributed by atoms with Gasteiger partial charge < -0.3 is 20.7 Å². The van der Waals surface area contributed by atoms with Crippen LogP contribution in [0.2, 0.25) is 0 Å². The maximum absolute atomic E-state index is 11.7. The second-order valence-corrected chi connectivity index (χ2v) is 7.26. The monoisotopic (exact) mass is 480 g/mol. The molecule has 2 aliphatic carbocycles. The van der Waals surface area contributed by atoms with Crippen molar-refractivity contribution in [1.82, 2.24) is 16.0 Å². The molecule has 2 saturated carbocycles. The molecular weight excluding hydrogens is 443 g/mol. The molecule has 0 aromatic rings. The predicted octanol–water partition coefficient (Wildman–Crippen LogP) is 2.81. The van der Waals surface area contributed by atoms with Crippen molar-refractivity contribution in [2.75, 3.05) is 20.2 Å². The number of aliphatic imine (C=N–C) groups is 1. The van der Waals surface area contributed by atoms with Gasteiger partial charge in [0.25, 0.3) is 0 Å². The molecule has 26 heavy (non-hydrogen) atoms. The van der Waals surface area contributed by atoms with Gasteiger partial charge in [-0.15, -0.1) is 24.0 Å². The van der Waals surface area contributed by atoms with Crippen LogP contribution in [0.4, 0.5) is 0 Å². The van der Waals surface area contributed by atoms with Crippen LogP contribution >= 0.6 is 24.0 Å². The summed E-state index contributed by atoms with van der Waals surface area (Å²) < 4.78 is 5.94. The lowest BCUT2D eigenvalue weighted by atomic mass is 9.58. The molecule has 0 radical (unpaired) electrons. The number of hydrogen-bond donors (Lipinski definition) is 3. The van der Waals surface area contributed by atoms with Gasteiger partial charge >= 0.3 is 0 Å². The van der Waals surface area contributed by atoms with Gasteiger partial charge in [-0.2, -0.15) is 0 Å². The predicted molar refractivity (Wildman–Crippen MR) is 117 cm³/mol. The van der Waals surface area contributed by atoms with Gasteiger partial charge in [0.05, 0.1) is 6.10 Å². The molecular formula is C19H37IN4O2. The first-order chi connectivity index (χ1) is 12.1. The molecule has 0 heterocycles. The Morgan fingerprint density at radius 2 is 1.88 bits per heavy atom. The van der Waals surface area contributed by atoms with Gasteiger partial charge in [0.15, 0.2) is 5.96 Å². The Balaban J connectivity index is 0.00000338. The highest BCUT2D eigenvalue weighted by atomic mass is 127. The number of guanidine groups is 1. The molecule has 0 aromatic carbocycles. The zero-order chi connectivity index (χ0) is 18.3. The van der Waals surface area contributed by atoms with Crippen molar-refractivity contribution in [3.8, 4) is 0 Å². The summed E-state index contributed by atoms with van der Waals surface area (Å²) in [6.45, 7) is 8.09. The summed E-state index contributed by atoms with van der Waals surface area (Å²) in [5.41, 5.74) is 0.192. The number of nitrogens with zero attached hydrogens (tertiary/aromatic N) is 1. The number of nitrogens with one attached hydrogen (secondary N) is 3. The summed E-state index contributed by atoms with van der Waals surface area (Å²) in [4.78, 5) is 16.0. The van der Waals surface area contributed by atoms with E-state index in [4.69, 9.17) is 4.74 Å². The average Bonchev–Trinajstić information content (AvgIpc) is 3.41. The Morgan fingerprint density at radius 1 is 1.19 bits per heavy atom. The van der Waals surface area contributed by atoms with Gasteiger partial charge in [0.2, 0.25) is 5.91 Å². The van der Waals surface area contributed by atoms with Crippen LogP contribution < -0.4 is 16.0 Å². The van der Waals surface area contributed by atoms with Crippen LogP contribution in [-0.2, 0) is 9.53 Å². The van der Waals surface area contributed by atoms with Crippen LogP contribution in [0.15, 0.2) is 4.99 Å². The van der Waals surface area contributed by atoms with Crippen LogP contribution in [-0.4, -0.2) is 50.3 Å². The molecule has 2 atom stereocenters. The molecule has 2 rings (SSSR count). The Morgan fingerprint density at radius 3 is 2.42 bits per heavy atom. The zero-order valence-corrected chi connectivity index (χ0v) is 19.1. The largest absolute Gasteiger partial charge is 0.378 e. The van der Waals surface area contributed by atoms with E-state index in [1.54, 1.807) is 7.05 Å².